The summed E-state index contributed by atoms with van der Waals surface area (Å²) in [5, 5.41) is 7.39. The summed E-state index contributed by atoms with van der Waals surface area (Å²) in [5.74, 6) is 1.56. The van der Waals surface area contributed by atoms with Crippen molar-refractivity contribution in [3.8, 4) is 0 Å². The van der Waals surface area contributed by atoms with Crippen LogP contribution in [0.3, 0.4) is 0 Å². The molecule has 1 heterocycles. The topological polar surface area (TPSA) is 46.9 Å². The fourth-order valence-electron chi connectivity index (χ4n) is 2.62. The molecule has 0 saturated heterocycles. The second-order valence-corrected chi connectivity index (χ2v) is 7.57. The van der Waals surface area contributed by atoms with Gasteiger partial charge in [-0.15, -0.1) is 11.8 Å². The van der Waals surface area contributed by atoms with Crippen LogP contribution in [0, 0.1) is 6.92 Å². The van der Waals surface area contributed by atoms with Gasteiger partial charge in [-0.2, -0.15) is 5.10 Å². The van der Waals surface area contributed by atoms with Gasteiger partial charge < -0.3 is 5.32 Å². The number of aryl methyl sites for hydroxylation is 1. The van der Waals surface area contributed by atoms with Crippen LogP contribution < -0.4 is 5.32 Å². The Kier molecular flexibility index (Phi) is 6.12. The van der Waals surface area contributed by atoms with Gasteiger partial charge in [0.05, 0.1) is 17.5 Å². The van der Waals surface area contributed by atoms with Crippen molar-refractivity contribution >= 4 is 23.5 Å². The minimum atomic E-state index is -0.143. The van der Waals surface area contributed by atoms with Gasteiger partial charge >= 0.3 is 0 Å². The molecule has 0 aliphatic carbocycles. The summed E-state index contributed by atoms with van der Waals surface area (Å²) in [6.07, 6.45) is 0. The molecule has 26 heavy (non-hydrogen) atoms. The summed E-state index contributed by atoms with van der Waals surface area (Å²) in [5.41, 5.74) is 3.26. The van der Waals surface area contributed by atoms with Crippen LogP contribution in [0.2, 0.25) is 0 Å². The smallest absolute Gasteiger partial charge is 0.238 e. The van der Waals surface area contributed by atoms with Gasteiger partial charge in [-0.1, -0.05) is 60.7 Å². The van der Waals surface area contributed by atoms with Crippen LogP contribution in [0.15, 0.2) is 66.7 Å². The van der Waals surface area contributed by atoms with E-state index in [1.165, 1.54) is 5.56 Å². The maximum absolute atomic E-state index is 12.6. The van der Waals surface area contributed by atoms with Crippen LogP contribution >= 0.6 is 11.8 Å². The Morgan fingerprint density at radius 3 is 2.35 bits per heavy atom. The number of aromatic nitrogens is 2. The molecule has 1 amide bonds. The molecule has 0 radical (unpaired) electrons. The number of hydrogen-bond donors (Lipinski definition) is 1. The summed E-state index contributed by atoms with van der Waals surface area (Å²) in [7, 11) is 0. The van der Waals surface area contributed by atoms with Crippen LogP contribution in [0.25, 0.3) is 0 Å². The first-order valence-electron chi connectivity index (χ1n) is 8.66. The van der Waals surface area contributed by atoms with E-state index in [9.17, 15) is 4.79 Å². The number of rotatable bonds is 7. The van der Waals surface area contributed by atoms with E-state index in [4.69, 9.17) is 0 Å². The highest BCUT2D eigenvalue weighted by molar-refractivity contribution is 7.99. The summed E-state index contributed by atoms with van der Waals surface area (Å²) in [6, 6.07) is 22.2. The Labute approximate surface area is 158 Å². The van der Waals surface area contributed by atoms with Gasteiger partial charge in [0.1, 0.15) is 5.82 Å². The number of nitrogens with zero attached hydrogens (tertiary/aromatic N) is 2. The summed E-state index contributed by atoms with van der Waals surface area (Å²) < 4.78 is 1.84. The zero-order valence-corrected chi connectivity index (χ0v) is 15.9. The highest BCUT2D eigenvalue weighted by atomic mass is 32.2. The normalized spacial score (nSPS) is 11.9. The number of carbonyl (C=O) groups is 1. The molecule has 0 saturated carbocycles. The monoisotopic (exact) mass is 365 g/mol. The van der Waals surface area contributed by atoms with Crippen molar-refractivity contribution in [1.29, 1.82) is 0 Å². The van der Waals surface area contributed by atoms with Gasteiger partial charge in [0.2, 0.25) is 5.91 Å². The lowest BCUT2D eigenvalue weighted by Gasteiger charge is -2.13. The van der Waals surface area contributed by atoms with Gasteiger partial charge in [0, 0.05) is 11.8 Å². The average molecular weight is 366 g/mol. The lowest BCUT2D eigenvalue weighted by molar-refractivity contribution is -0.115. The molecule has 2 aromatic carbocycles. The molecule has 134 valence electrons. The molecule has 1 aromatic heterocycles. The van der Waals surface area contributed by atoms with Crippen LogP contribution in [0.5, 0.6) is 0 Å². The van der Waals surface area contributed by atoms with E-state index in [0.29, 0.717) is 6.54 Å². The molecule has 0 fully saturated rings. The Balaban J connectivity index is 1.61. The quantitative estimate of drug-likeness (QED) is 0.670. The number of amides is 1. The molecule has 3 aromatic rings. The molecule has 0 unspecified atom stereocenters. The van der Waals surface area contributed by atoms with Crippen molar-refractivity contribution in [1.82, 2.24) is 9.78 Å². The van der Waals surface area contributed by atoms with Crippen LogP contribution in [0.4, 0.5) is 5.82 Å². The molecular weight excluding hydrogens is 342 g/mol. The molecule has 0 aliphatic heterocycles. The van der Waals surface area contributed by atoms with Gasteiger partial charge in [0.25, 0.3) is 0 Å². The molecule has 1 atom stereocenters. The highest BCUT2D eigenvalue weighted by Gasteiger charge is 2.16. The second-order valence-electron chi connectivity index (χ2n) is 6.24. The molecular formula is C21H23N3OS. The number of anilines is 1. The van der Waals surface area contributed by atoms with E-state index in [1.54, 1.807) is 11.8 Å². The Morgan fingerprint density at radius 2 is 1.69 bits per heavy atom. The van der Waals surface area contributed by atoms with Crippen molar-refractivity contribution in [3.63, 3.8) is 0 Å². The molecule has 3 rings (SSSR count). The number of hydrogen-bond acceptors (Lipinski definition) is 3. The number of nitrogens with one attached hydrogen (secondary N) is 1. The molecule has 5 heteroatoms. The van der Waals surface area contributed by atoms with Crippen molar-refractivity contribution < 1.29 is 4.79 Å². The van der Waals surface area contributed by atoms with E-state index in [1.807, 2.05) is 61.0 Å². The van der Waals surface area contributed by atoms with Crippen LogP contribution in [0.1, 0.15) is 23.7 Å². The van der Waals surface area contributed by atoms with Crippen molar-refractivity contribution in [2.24, 2.45) is 0 Å². The van der Waals surface area contributed by atoms with Crippen molar-refractivity contribution in [3.05, 3.63) is 83.6 Å². The third kappa shape index (κ3) is 4.99. The first-order valence-corrected chi connectivity index (χ1v) is 9.71. The number of benzene rings is 2. The third-order valence-corrected chi connectivity index (χ3v) is 5.25. The predicted octanol–water partition coefficient (Wildman–Crippen LogP) is 4.50. The first kappa shape index (κ1) is 18.3. The summed E-state index contributed by atoms with van der Waals surface area (Å²) in [6.45, 7) is 4.51. The maximum Gasteiger partial charge on any atom is 0.238 e. The second kappa shape index (κ2) is 8.72. The van der Waals surface area contributed by atoms with E-state index in [2.05, 4.69) is 34.7 Å². The fraction of sp³-hybridized carbons (Fsp3) is 0.238. The Morgan fingerprint density at radius 1 is 1.08 bits per heavy atom. The fourth-order valence-corrected chi connectivity index (χ4v) is 3.47. The van der Waals surface area contributed by atoms with Crippen LogP contribution in [-0.4, -0.2) is 20.9 Å². The Bertz CT molecular complexity index is 846. The molecule has 0 aliphatic rings. The van der Waals surface area contributed by atoms with E-state index < -0.39 is 0 Å². The minimum absolute atomic E-state index is 0.000132. The number of thioether (sulfide) groups is 1. The van der Waals surface area contributed by atoms with Crippen molar-refractivity contribution in [2.75, 3.05) is 5.32 Å². The van der Waals surface area contributed by atoms with Crippen molar-refractivity contribution in [2.45, 2.75) is 31.4 Å². The van der Waals surface area contributed by atoms with Crippen LogP contribution in [-0.2, 0) is 17.1 Å². The minimum Gasteiger partial charge on any atom is -0.310 e. The molecule has 0 spiro atoms. The molecule has 4 nitrogen and oxygen atoms in total. The number of carbonyl (C=O) groups excluding carboxylic acids is 1. The zero-order valence-electron chi connectivity index (χ0n) is 15.1. The summed E-state index contributed by atoms with van der Waals surface area (Å²) in [4.78, 5) is 12.6. The lowest BCUT2D eigenvalue weighted by atomic mass is 10.2. The third-order valence-electron chi connectivity index (χ3n) is 4.04. The zero-order chi connectivity index (χ0) is 18.4. The van der Waals surface area contributed by atoms with E-state index in [0.717, 1.165) is 22.8 Å². The highest BCUT2D eigenvalue weighted by Crippen LogP contribution is 2.20. The van der Waals surface area contributed by atoms with Gasteiger partial charge in [-0.25, -0.2) is 4.68 Å². The van der Waals surface area contributed by atoms with Gasteiger partial charge in [-0.3, -0.25) is 4.79 Å². The molecule has 1 N–H and O–H groups in total. The van der Waals surface area contributed by atoms with E-state index in [-0.39, 0.29) is 11.2 Å². The molecule has 0 bridgehead atoms. The average Bonchev–Trinajstić information content (AvgIpc) is 3.00. The maximum atomic E-state index is 12.6. The standard InChI is InChI=1S/C21H23N3OS/c1-16-13-20(24(23-16)14-18-9-5-3-6-10-18)22-21(25)17(2)26-15-19-11-7-4-8-12-19/h3-13,17H,14-15H2,1-2H3,(H,22,25)/t17-/m1/s1. The first-order chi connectivity index (χ1) is 12.6. The summed E-state index contributed by atoms with van der Waals surface area (Å²) >= 11 is 1.63. The Hall–Kier alpha value is -2.53. The lowest BCUT2D eigenvalue weighted by Crippen LogP contribution is -2.24. The van der Waals surface area contributed by atoms with Gasteiger partial charge in [0.15, 0.2) is 0 Å². The van der Waals surface area contributed by atoms with E-state index >= 15 is 0 Å². The largest absolute Gasteiger partial charge is 0.310 e. The van der Waals surface area contributed by atoms with Gasteiger partial charge in [-0.05, 0) is 25.0 Å². The predicted molar refractivity (Wildman–Crippen MR) is 108 cm³/mol. The SMILES string of the molecule is Cc1cc(NC(=O)[C@@H](C)SCc2ccccc2)n(Cc2ccccc2)n1.